The van der Waals surface area contributed by atoms with Gasteiger partial charge in [0.05, 0.1) is 0 Å². The first kappa shape index (κ1) is 29.0. The van der Waals surface area contributed by atoms with Crippen LogP contribution in [0.2, 0.25) is 0 Å². The van der Waals surface area contributed by atoms with E-state index in [0.717, 1.165) is 22.3 Å². The molecule has 7 aromatic carbocycles. The molecule has 0 amide bonds. The van der Waals surface area contributed by atoms with Gasteiger partial charge in [0.1, 0.15) is 0 Å². The van der Waals surface area contributed by atoms with Gasteiger partial charge in [-0.15, -0.1) is 11.3 Å². The molecule has 2 aromatic heterocycles. The number of thiophene rings is 1. The molecule has 2 heterocycles. The van der Waals surface area contributed by atoms with Gasteiger partial charge in [-0.25, -0.2) is 15.0 Å². The maximum atomic E-state index is 4.99. The van der Waals surface area contributed by atoms with Crippen molar-refractivity contribution in [2.75, 3.05) is 0 Å². The maximum absolute atomic E-state index is 4.99. The Morgan fingerprint density at radius 3 is 1.16 bits per heavy atom. The minimum absolute atomic E-state index is 0.652. The number of aromatic nitrogens is 3. The number of fused-ring (bicyclic) bond motifs is 3. The average Bonchev–Trinajstić information content (AvgIpc) is 3.58. The van der Waals surface area contributed by atoms with Crippen molar-refractivity contribution in [3.63, 3.8) is 0 Å². The normalized spacial score (nSPS) is 11.3. The van der Waals surface area contributed by atoms with E-state index in [4.69, 9.17) is 15.0 Å². The van der Waals surface area contributed by atoms with Gasteiger partial charge in [0, 0.05) is 36.9 Å². The maximum Gasteiger partial charge on any atom is 0.164 e. The fourth-order valence-electron chi connectivity index (χ4n) is 6.54. The number of nitrogens with zero attached hydrogens (tertiary/aromatic N) is 3. The van der Waals surface area contributed by atoms with Crippen molar-refractivity contribution in [1.29, 1.82) is 0 Å². The highest BCUT2D eigenvalue weighted by Gasteiger charge is 2.16. The largest absolute Gasteiger partial charge is 0.208 e. The summed E-state index contributed by atoms with van der Waals surface area (Å²) in [5, 5.41) is 2.54. The fourth-order valence-corrected chi connectivity index (χ4v) is 7.91. The third-order valence-electron chi connectivity index (χ3n) is 8.94. The summed E-state index contributed by atoms with van der Waals surface area (Å²) in [5.41, 5.74) is 10.1. The highest BCUT2D eigenvalue weighted by atomic mass is 32.1. The second-order valence-corrected chi connectivity index (χ2v) is 13.1. The van der Waals surface area contributed by atoms with E-state index in [-0.39, 0.29) is 0 Å². The SMILES string of the molecule is c1ccc(-c2cccc(-c3cccc4c3sc3c(-c5cccc(-c6nc(-c7ccccc7)nc(-c7ccccc7)n6)c5)cccc34)c2)cc1. The van der Waals surface area contributed by atoms with Crippen LogP contribution in [0.5, 0.6) is 0 Å². The molecular weight excluding hydrogens is 615 g/mol. The summed E-state index contributed by atoms with van der Waals surface area (Å²) in [6.45, 7) is 0. The fraction of sp³-hybridized carbons (Fsp3) is 0. The third kappa shape index (κ3) is 5.48. The molecular formula is C45H29N3S. The topological polar surface area (TPSA) is 38.7 Å². The third-order valence-corrected chi connectivity index (χ3v) is 10.2. The molecule has 0 aliphatic carbocycles. The van der Waals surface area contributed by atoms with Gasteiger partial charge in [0.15, 0.2) is 17.5 Å². The van der Waals surface area contributed by atoms with E-state index < -0.39 is 0 Å². The van der Waals surface area contributed by atoms with E-state index in [2.05, 4.69) is 115 Å². The second-order valence-electron chi connectivity index (χ2n) is 12.0. The number of benzene rings is 7. The Morgan fingerprint density at radius 1 is 0.286 bits per heavy atom. The highest BCUT2D eigenvalue weighted by Crippen LogP contribution is 2.44. The van der Waals surface area contributed by atoms with Gasteiger partial charge in [-0.2, -0.15) is 0 Å². The minimum atomic E-state index is 0.652. The molecule has 0 N–H and O–H groups in total. The van der Waals surface area contributed by atoms with Crippen molar-refractivity contribution in [3.8, 4) is 67.5 Å². The van der Waals surface area contributed by atoms with Crippen molar-refractivity contribution in [1.82, 2.24) is 15.0 Å². The number of hydrogen-bond donors (Lipinski definition) is 0. The molecule has 0 spiro atoms. The second kappa shape index (κ2) is 12.4. The number of hydrogen-bond acceptors (Lipinski definition) is 4. The van der Waals surface area contributed by atoms with Crippen molar-refractivity contribution < 1.29 is 0 Å². The molecule has 3 nitrogen and oxygen atoms in total. The van der Waals surface area contributed by atoms with Crippen LogP contribution in [0.1, 0.15) is 0 Å². The van der Waals surface area contributed by atoms with Gasteiger partial charge in [-0.3, -0.25) is 0 Å². The summed E-state index contributed by atoms with van der Waals surface area (Å²) in [4.78, 5) is 14.9. The molecule has 9 aromatic rings. The summed E-state index contributed by atoms with van der Waals surface area (Å²) in [6, 6.07) is 61.6. The number of rotatable bonds is 6. The lowest BCUT2D eigenvalue weighted by Crippen LogP contribution is -2.00. The van der Waals surface area contributed by atoms with Crippen LogP contribution < -0.4 is 0 Å². The Hall–Kier alpha value is -6.23. The molecule has 0 fully saturated rings. The molecule has 0 radical (unpaired) electrons. The molecule has 0 atom stereocenters. The van der Waals surface area contributed by atoms with E-state index in [1.807, 2.05) is 72.0 Å². The Morgan fingerprint density at radius 2 is 0.653 bits per heavy atom. The first-order chi connectivity index (χ1) is 24.3. The zero-order valence-electron chi connectivity index (χ0n) is 26.5. The summed E-state index contributed by atoms with van der Waals surface area (Å²) < 4.78 is 2.57. The molecule has 0 bridgehead atoms. The van der Waals surface area contributed by atoms with Gasteiger partial charge >= 0.3 is 0 Å². The minimum Gasteiger partial charge on any atom is -0.208 e. The van der Waals surface area contributed by atoms with Gasteiger partial charge in [0.25, 0.3) is 0 Å². The molecule has 230 valence electrons. The van der Waals surface area contributed by atoms with E-state index in [9.17, 15) is 0 Å². The predicted octanol–water partition coefficient (Wildman–Crippen LogP) is 12.2. The molecule has 0 saturated heterocycles. The lowest BCUT2D eigenvalue weighted by molar-refractivity contribution is 1.07. The zero-order chi connectivity index (χ0) is 32.6. The zero-order valence-corrected chi connectivity index (χ0v) is 27.3. The molecule has 9 rings (SSSR count). The smallest absolute Gasteiger partial charge is 0.164 e. The van der Waals surface area contributed by atoms with Gasteiger partial charge < -0.3 is 0 Å². The van der Waals surface area contributed by atoms with Crippen molar-refractivity contribution >= 4 is 31.5 Å². The van der Waals surface area contributed by atoms with E-state index in [0.29, 0.717) is 17.5 Å². The molecule has 0 saturated carbocycles. The van der Waals surface area contributed by atoms with E-state index >= 15 is 0 Å². The van der Waals surface area contributed by atoms with E-state index in [1.54, 1.807) is 0 Å². The lowest BCUT2D eigenvalue weighted by Gasteiger charge is -2.10. The van der Waals surface area contributed by atoms with Crippen LogP contribution >= 0.6 is 11.3 Å². The first-order valence-corrected chi connectivity index (χ1v) is 17.2. The van der Waals surface area contributed by atoms with Crippen LogP contribution in [0.15, 0.2) is 176 Å². The van der Waals surface area contributed by atoms with Gasteiger partial charge in [-0.05, 0) is 45.5 Å². The van der Waals surface area contributed by atoms with Gasteiger partial charge in [0.2, 0.25) is 0 Å². The molecule has 0 aliphatic heterocycles. The van der Waals surface area contributed by atoms with Crippen LogP contribution in [0.3, 0.4) is 0 Å². The lowest BCUT2D eigenvalue weighted by atomic mass is 9.97. The Kier molecular flexibility index (Phi) is 7.34. The predicted molar refractivity (Wildman–Crippen MR) is 205 cm³/mol. The van der Waals surface area contributed by atoms with Crippen LogP contribution in [0.25, 0.3) is 87.7 Å². The first-order valence-electron chi connectivity index (χ1n) is 16.4. The van der Waals surface area contributed by atoms with Crippen LogP contribution in [0, 0.1) is 0 Å². The average molecular weight is 644 g/mol. The van der Waals surface area contributed by atoms with Crippen molar-refractivity contribution in [3.05, 3.63) is 176 Å². The quantitative estimate of drug-likeness (QED) is 0.181. The highest BCUT2D eigenvalue weighted by molar-refractivity contribution is 7.26. The summed E-state index contributed by atoms with van der Waals surface area (Å²) in [7, 11) is 0. The van der Waals surface area contributed by atoms with Crippen LogP contribution in [0.4, 0.5) is 0 Å². The van der Waals surface area contributed by atoms with E-state index in [1.165, 1.54) is 48.0 Å². The Balaban J connectivity index is 1.17. The molecule has 0 unspecified atom stereocenters. The Bertz CT molecular complexity index is 2540. The van der Waals surface area contributed by atoms with Crippen LogP contribution in [-0.4, -0.2) is 15.0 Å². The summed E-state index contributed by atoms with van der Waals surface area (Å²) in [6.07, 6.45) is 0. The van der Waals surface area contributed by atoms with Crippen molar-refractivity contribution in [2.24, 2.45) is 0 Å². The standard InChI is InChI=1S/C45H29N3S/c1-4-14-30(15-5-1)33-20-10-21-34(28-33)37-24-12-26-39-40-27-13-25-38(42(40)49-41(37)39)35-22-11-23-36(29-35)45-47-43(31-16-6-2-7-17-31)46-44(48-45)32-18-8-3-9-19-32/h1-29H. The summed E-state index contributed by atoms with van der Waals surface area (Å²) in [5.74, 6) is 1.97. The Labute approximate surface area is 288 Å². The monoisotopic (exact) mass is 643 g/mol. The van der Waals surface area contributed by atoms with Gasteiger partial charge in [-0.1, -0.05) is 164 Å². The van der Waals surface area contributed by atoms with Crippen molar-refractivity contribution in [2.45, 2.75) is 0 Å². The summed E-state index contributed by atoms with van der Waals surface area (Å²) >= 11 is 1.87. The molecule has 49 heavy (non-hydrogen) atoms. The molecule has 0 aliphatic rings. The molecule has 4 heteroatoms. The van der Waals surface area contributed by atoms with Crippen LogP contribution in [-0.2, 0) is 0 Å².